The predicted molar refractivity (Wildman–Crippen MR) is 297 cm³/mol. The molecule has 2 saturated heterocycles. The fraction of sp³-hybridized carbons (Fsp3) is 0.509. The van der Waals surface area contributed by atoms with E-state index in [1.165, 1.54) is 4.68 Å². The van der Waals surface area contributed by atoms with Gasteiger partial charge in [0.2, 0.25) is 29.7 Å². The van der Waals surface area contributed by atoms with Crippen LogP contribution in [0.5, 0.6) is 5.75 Å². The van der Waals surface area contributed by atoms with Crippen LogP contribution in [0.3, 0.4) is 0 Å². The SMILES string of the molecule is C#CCOCCOCCOCCNc1nc(N2CCN(C(=O)[C@@H](Cc3cc4ccccc4[nH]3)n3cc(C(N)CC(C)C)nn3)CC2)nc(N2CCN(C(=O)[C@H](CCC(=O)O)n3cc(C(N)Cc4ccc(O)cc4)nn3)CC2)n1.Cl. The number of amides is 2. The number of carboxylic acids is 1. The third-order valence-corrected chi connectivity index (χ3v) is 13.6. The van der Waals surface area contributed by atoms with E-state index in [-0.39, 0.29) is 68.6 Å². The van der Waals surface area contributed by atoms with Crippen LogP contribution in [0.25, 0.3) is 10.9 Å². The summed E-state index contributed by atoms with van der Waals surface area (Å²) >= 11 is 0. The van der Waals surface area contributed by atoms with Crippen molar-refractivity contribution in [3.05, 3.63) is 89.6 Å². The summed E-state index contributed by atoms with van der Waals surface area (Å²) < 4.78 is 19.6. The fourth-order valence-corrected chi connectivity index (χ4v) is 9.42. The van der Waals surface area contributed by atoms with Gasteiger partial charge in [-0.15, -0.1) is 29.0 Å². The minimum absolute atomic E-state index is 0. The fourth-order valence-electron chi connectivity index (χ4n) is 9.42. The van der Waals surface area contributed by atoms with Crippen molar-refractivity contribution in [2.45, 2.75) is 70.1 Å². The van der Waals surface area contributed by atoms with Gasteiger partial charge in [-0.2, -0.15) is 15.0 Å². The van der Waals surface area contributed by atoms with E-state index < -0.39 is 24.1 Å². The summed E-state index contributed by atoms with van der Waals surface area (Å²) in [6, 6.07) is 14.2. The first-order valence-corrected chi connectivity index (χ1v) is 26.5. The molecule has 8 N–H and O–H groups in total. The van der Waals surface area contributed by atoms with Crippen LogP contribution in [-0.2, 0) is 41.4 Å². The van der Waals surface area contributed by atoms with E-state index in [9.17, 15) is 24.6 Å². The van der Waals surface area contributed by atoms with Crippen LogP contribution in [-0.4, -0.2) is 186 Å². The smallest absolute Gasteiger partial charge is 0.303 e. The van der Waals surface area contributed by atoms with Crippen LogP contribution in [0, 0.1) is 18.3 Å². The number of carboxylic acid groups (broad SMARTS) is 1. The highest BCUT2D eigenvalue weighted by Gasteiger charge is 2.34. The lowest BCUT2D eigenvalue weighted by atomic mass is 10.0. The van der Waals surface area contributed by atoms with Gasteiger partial charge >= 0.3 is 5.97 Å². The summed E-state index contributed by atoms with van der Waals surface area (Å²) in [5, 5.41) is 41.1. The second kappa shape index (κ2) is 28.9. The molecule has 0 spiro atoms. The molecule has 0 saturated carbocycles. The normalized spacial score (nSPS) is 15.4. The summed E-state index contributed by atoms with van der Waals surface area (Å²) in [7, 11) is 0. The molecule has 79 heavy (non-hydrogen) atoms. The summed E-state index contributed by atoms with van der Waals surface area (Å²) in [4.78, 5) is 66.4. The number of aromatic nitrogens is 10. The highest BCUT2D eigenvalue weighted by Crippen LogP contribution is 2.27. The predicted octanol–water partition coefficient (Wildman–Crippen LogP) is 2.93. The van der Waals surface area contributed by atoms with Crippen molar-refractivity contribution in [3.63, 3.8) is 0 Å². The number of para-hydroxylation sites is 1. The first kappa shape index (κ1) is 59.2. The van der Waals surface area contributed by atoms with E-state index in [0.29, 0.717) is 127 Å². The van der Waals surface area contributed by atoms with Crippen LogP contribution in [0.4, 0.5) is 17.8 Å². The average Bonchev–Trinajstić information content (AvgIpc) is 4.27. The molecule has 6 heterocycles. The van der Waals surface area contributed by atoms with Crippen molar-refractivity contribution in [1.82, 2.24) is 59.7 Å². The Morgan fingerprint density at radius 1 is 0.747 bits per heavy atom. The molecule has 26 heteroatoms. The number of phenols is 1. The molecular formula is C53H72ClN17O8. The number of carbonyl (C=O) groups is 3. The number of nitrogens with zero attached hydrogens (tertiary/aromatic N) is 13. The molecule has 424 valence electrons. The third kappa shape index (κ3) is 16.5. The maximum atomic E-state index is 14.7. The first-order valence-electron chi connectivity index (χ1n) is 26.5. The molecule has 2 amide bonds. The molecule has 6 aromatic rings. The number of aromatic amines is 1. The van der Waals surface area contributed by atoms with Crippen molar-refractivity contribution in [3.8, 4) is 18.1 Å². The Kier molecular flexibility index (Phi) is 21.7. The van der Waals surface area contributed by atoms with Crippen molar-refractivity contribution in [1.29, 1.82) is 0 Å². The molecule has 0 bridgehead atoms. The second-order valence-electron chi connectivity index (χ2n) is 19.8. The van der Waals surface area contributed by atoms with E-state index in [2.05, 4.69) is 56.8 Å². The Balaban J connectivity index is 0.00000903. The van der Waals surface area contributed by atoms with Crippen LogP contribution in [0.1, 0.15) is 79.9 Å². The van der Waals surface area contributed by atoms with Gasteiger partial charge < -0.3 is 65.8 Å². The average molecular weight is 1110 g/mol. The molecule has 8 rings (SSSR count). The van der Waals surface area contributed by atoms with E-state index in [1.807, 2.05) is 39.0 Å². The minimum Gasteiger partial charge on any atom is -0.508 e. The minimum atomic E-state index is -1.04. The number of H-pyrrole nitrogens is 1. The number of benzene rings is 2. The third-order valence-electron chi connectivity index (χ3n) is 13.6. The van der Waals surface area contributed by atoms with Crippen molar-refractivity contribution in [2.75, 3.05) is 114 Å². The number of piperazine rings is 2. The topological polar surface area (TPSA) is 312 Å². The molecule has 2 aliphatic rings. The molecular weight excluding hydrogens is 1040 g/mol. The highest BCUT2D eigenvalue weighted by atomic mass is 35.5. The molecule has 2 fully saturated rings. The Labute approximate surface area is 464 Å². The van der Waals surface area contributed by atoms with Gasteiger partial charge in [0.1, 0.15) is 24.4 Å². The number of aliphatic carboxylic acids is 1. The number of ether oxygens (including phenoxy) is 3. The Hall–Kier alpha value is -7.47. The van der Waals surface area contributed by atoms with Crippen LogP contribution >= 0.6 is 12.4 Å². The van der Waals surface area contributed by atoms with Gasteiger partial charge in [0.15, 0.2) is 0 Å². The number of hydrogen-bond acceptors (Lipinski definition) is 19. The van der Waals surface area contributed by atoms with Gasteiger partial charge in [0, 0.05) is 83.0 Å². The first-order chi connectivity index (χ1) is 37.8. The van der Waals surface area contributed by atoms with Crippen LogP contribution in [0.2, 0.25) is 0 Å². The number of terminal acetylenes is 1. The number of aromatic hydroxyl groups is 1. The Morgan fingerprint density at radius 3 is 1.91 bits per heavy atom. The molecule has 0 aliphatic carbocycles. The molecule has 25 nitrogen and oxygen atoms in total. The number of fused-ring (bicyclic) bond motifs is 1. The summed E-state index contributed by atoms with van der Waals surface area (Å²) in [6.07, 6.45) is 9.85. The zero-order valence-corrected chi connectivity index (χ0v) is 45.5. The van der Waals surface area contributed by atoms with Crippen molar-refractivity contribution < 1.29 is 38.8 Å². The number of nitrogens with one attached hydrogen (secondary N) is 2. The number of halogens is 1. The van der Waals surface area contributed by atoms with E-state index in [4.69, 9.17) is 47.1 Å². The molecule has 4 aromatic heterocycles. The summed E-state index contributed by atoms with van der Waals surface area (Å²) in [5.41, 5.74) is 16.9. The molecule has 2 aromatic carbocycles. The van der Waals surface area contributed by atoms with Gasteiger partial charge in [0.25, 0.3) is 0 Å². The van der Waals surface area contributed by atoms with Gasteiger partial charge in [0.05, 0.1) is 68.9 Å². The number of hydrogen-bond donors (Lipinski definition) is 6. The van der Waals surface area contributed by atoms with Crippen molar-refractivity contribution >= 4 is 58.9 Å². The lowest BCUT2D eigenvalue weighted by Crippen LogP contribution is -2.52. The van der Waals surface area contributed by atoms with E-state index in [0.717, 1.165) is 28.6 Å². The number of phenolic OH excluding ortho intramolecular Hbond substituents is 1. The molecule has 4 atom stereocenters. The van der Waals surface area contributed by atoms with Crippen molar-refractivity contribution in [2.24, 2.45) is 17.4 Å². The number of nitrogens with two attached hydrogens (primary N) is 2. The standard InChI is InChI=1S/C53H71N17O8.ClH/c1-4-24-76-26-28-78-29-27-77-25-15-56-51-58-52(67-20-16-65(17-21-67)49(74)46(13-14-48(72)73)69-34-45(62-63-69)42(55)31-37-9-11-40(71)12-10-37)60-53(59-51)68-22-18-66(19-23-68)50(75)47(33-39-32-38-7-5-6-8-43(38)57-39)70-35-44(61-64-70)41(54)30-36(2)3;/h1,5-12,32,34-36,41-42,46-47,57,71H,13-31,33,54-55H2,2-3H3,(H,72,73)(H,56,58,59,60);1H/t41?,42?,46-,47+;/m0./s1. The molecule has 2 unspecified atom stereocenters. The number of anilines is 3. The number of rotatable bonds is 28. The molecule has 2 aliphatic heterocycles. The zero-order chi connectivity index (χ0) is 55.0. The lowest BCUT2D eigenvalue weighted by molar-refractivity contribution is -0.139. The quantitative estimate of drug-likeness (QED) is 0.0304. The van der Waals surface area contributed by atoms with Gasteiger partial charge in [-0.1, -0.05) is 60.5 Å². The van der Waals surface area contributed by atoms with Crippen LogP contribution in [0.15, 0.2) is 67.0 Å². The van der Waals surface area contributed by atoms with E-state index >= 15 is 0 Å². The number of carbonyl (C=O) groups excluding carboxylic acids is 2. The lowest BCUT2D eigenvalue weighted by Gasteiger charge is -2.38. The highest BCUT2D eigenvalue weighted by molar-refractivity contribution is 5.85. The van der Waals surface area contributed by atoms with Gasteiger partial charge in [-0.05, 0) is 60.4 Å². The maximum Gasteiger partial charge on any atom is 0.303 e. The Morgan fingerprint density at radius 2 is 1.32 bits per heavy atom. The summed E-state index contributed by atoms with van der Waals surface area (Å²) in [6.45, 7) is 9.64. The molecule has 0 radical (unpaired) electrons. The second-order valence-corrected chi connectivity index (χ2v) is 19.8. The van der Waals surface area contributed by atoms with Crippen LogP contribution < -0.4 is 26.6 Å². The maximum absolute atomic E-state index is 14.7. The van der Waals surface area contributed by atoms with Gasteiger partial charge in [-0.3, -0.25) is 14.4 Å². The monoisotopic (exact) mass is 1110 g/mol. The van der Waals surface area contributed by atoms with Gasteiger partial charge in [-0.25, -0.2) is 9.36 Å². The van der Waals surface area contributed by atoms with E-state index in [1.54, 1.807) is 46.2 Å². The zero-order valence-electron chi connectivity index (χ0n) is 44.7. The largest absolute Gasteiger partial charge is 0.508 e. The summed E-state index contributed by atoms with van der Waals surface area (Å²) in [5.74, 6) is 2.62. The Bertz CT molecular complexity index is 2900.